The Morgan fingerprint density at radius 2 is 1.85 bits per heavy atom. The van der Waals surface area contributed by atoms with Crippen LogP contribution in [0.25, 0.3) is 0 Å². The normalized spacial score (nSPS) is 14.1. The first-order valence-electron chi connectivity index (χ1n) is 8.44. The highest BCUT2D eigenvalue weighted by atomic mass is 35.5. The summed E-state index contributed by atoms with van der Waals surface area (Å²) in [7, 11) is 3.08. The zero-order chi connectivity index (χ0) is 18.5. The van der Waals surface area contributed by atoms with Crippen LogP contribution in [0.15, 0.2) is 24.3 Å². The molecule has 1 amide bonds. The summed E-state index contributed by atoms with van der Waals surface area (Å²) in [6.45, 7) is 0. The molecule has 0 bridgehead atoms. The highest BCUT2D eigenvalue weighted by Crippen LogP contribution is 2.36. The van der Waals surface area contributed by atoms with E-state index in [4.69, 9.17) is 21.1 Å². The maximum absolute atomic E-state index is 12.2. The Labute approximate surface area is 157 Å². The molecule has 26 heavy (non-hydrogen) atoms. The molecule has 1 aliphatic rings. The molecular weight excluding hydrogens is 356 g/mol. The molecule has 0 aliphatic heterocycles. The van der Waals surface area contributed by atoms with Crippen LogP contribution in [-0.4, -0.2) is 36.4 Å². The first-order valence-corrected chi connectivity index (χ1v) is 8.81. The number of hydrogen-bond donors (Lipinski definition) is 2. The van der Waals surface area contributed by atoms with Crippen LogP contribution < -0.4 is 20.1 Å². The predicted molar refractivity (Wildman–Crippen MR) is 99.6 cm³/mol. The minimum absolute atomic E-state index is 0.193. The van der Waals surface area contributed by atoms with Gasteiger partial charge in [-0.05, 0) is 25.0 Å². The van der Waals surface area contributed by atoms with E-state index < -0.39 is 0 Å². The maximum atomic E-state index is 12.2. The quantitative estimate of drug-likeness (QED) is 0.801. The van der Waals surface area contributed by atoms with E-state index in [1.807, 2.05) is 0 Å². The number of aromatic nitrogens is 2. The molecule has 8 heteroatoms. The molecule has 1 saturated carbocycles. The topological polar surface area (TPSA) is 85.4 Å². The largest absolute Gasteiger partial charge is 0.495 e. The monoisotopic (exact) mass is 376 g/mol. The zero-order valence-electron chi connectivity index (χ0n) is 14.7. The van der Waals surface area contributed by atoms with Gasteiger partial charge >= 0.3 is 0 Å². The molecule has 0 radical (unpaired) electrons. The number of hydrogen-bond acceptors (Lipinski definition) is 6. The molecule has 138 valence electrons. The van der Waals surface area contributed by atoms with E-state index in [9.17, 15) is 4.79 Å². The number of nitrogens with zero attached hydrogens (tertiary/aromatic N) is 2. The molecule has 1 aromatic carbocycles. The van der Waals surface area contributed by atoms with E-state index in [0.717, 1.165) is 25.7 Å². The van der Waals surface area contributed by atoms with Gasteiger partial charge in [-0.25, -0.2) is 0 Å². The fraction of sp³-hybridized carbons (Fsp3) is 0.389. The van der Waals surface area contributed by atoms with Crippen molar-refractivity contribution in [2.75, 3.05) is 19.5 Å². The summed E-state index contributed by atoms with van der Waals surface area (Å²) in [6.07, 6.45) is 4.37. The standard InChI is InChI=1S/C18H21ClN4O3/c1-25-15-10-14(16(26-2)9-12(15)19)21-17-8-7-13(22-23-17)18(24)20-11-5-3-4-6-11/h7-11H,3-6H2,1-2H3,(H,20,24)(H,21,23). The second-order valence-electron chi connectivity index (χ2n) is 6.07. The molecule has 1 aliphatic carbocycles. The van der Waals surface area contributed by atoms with Gasteiger partial charge in [-0.15, -0.1) is 10.2 Å². The summed E-state index contributed by atoms with van der Waals surface area (Å²) in [5.41, 5.74) is 0.925. The van der Waals surface area contributed by atoms with Gasteiger partial charge < -0.3 is 20.1 Å². The van der Waals surface area contributed by atoms with Gasteiger partial charge in [-0.1, -0.05) is 24.4 Å². The minimum atomic E-state index is -0.193. The number of methoxy groups -OCH3 is 2. The van der Waals surface area contributed by atoms with Crippen LogP contribution in [0.2, 0.25) is 5.02 Å². The number of carbonyl (C=O) groups is 1. The molecule has 7 nitrogen and oxygen atoms in total. The Morgan fingerprint density at radius 1 is 1.12 bits per heavy atom. The number of halogens is 1. The summed E-state index contributed by atoms with van der Waals surface area (Å²) >= 11 is 6.10. The summed E-state index contributed by atoms with van der Waals surface area (Å²) in [5, 5.41) is 14.6. The van der Waals surface area contributed by atoms with Crippen molar-refractivity contribution in [2.24, 2.45) is 0 Å². The number of anilines is 2. The van der Waals surface area contributed by atoms with Crippen LogP contribution in [0.4, 0.5) is 11.5 Å². The molecular formula is C18H21ClN4O3. The third-order valence-corrected chi connectivity index (χ3v) is 4.62. The van der Waals surface area contributed by atoms with Gasteiger partial charge in [0.25, 0.3) is 5.91 Å². The molecule has 0 saturated heterocycles. The van der Waals surface area contributed by atoms with Crippen molar-refractivity contribution >= 4 is 29.0 Å². The average Bonchev–Trinajstić information content (AvgIpc) is 3.16. The SMILES string of the molecule is COc1cc(Nc2ccc(C(=O)NC3CCCC3)nn2)c(OC)cc1Cl. The van der Waals surface area contributed by atoms with E-state index >= 15 is 0 Å². The molecule has 2 aromatic rings. The number of nitrogens with one attached hydrogen (secondary N) is 2. The molecule has 1 fully saturated rings. The predicted octanol–water partition coefficient (Wildman–Crippen LogP) is 3.56. The van der Waals surface area contributed by atoms with Crippen molar-refractivity contribution in [3.8, 4) is 11.5 Å². The lowest BCUT2D eigenvalue weighted by Gasteiger charge is -2.14. The van der Waals surface area contributed by atoms with Crippen LogP contribution in [0.3, 0.4) is 0 Å². The van der Waals surface area contributed by atoms with E-state index in [1.165, 1.54) is 7.11 Å². The third kappa shape index (κ3) is 4.16. The van der Waals surface area contributed by atoms with Crippen molar-refractivity contribution in [3.05, 3.63) is 35.0 Å². The lowest BCUT2D eigenvalue weighted by molar-refractivity contribution is 0.0932. The van der Waals surface area contributed by atoms with Gasteiger partial charge in [-0.3, -0.25) is 4.79 Å². The van der Waals surface area contributed by atoms with Crippen molar-refractivity contribution in [2.45, 2.75) is 31.7 Å². The molecule has 1 heterocycles. The second kappa shape index (κ2) is 8.23. The Kier molecular flexibility index (Phi) is 5.78. The van der Waals surface area contributed by atoms with Crippen molar-refractivity contribution in [1.82, 2.24) is 15.5 Å². The Balaban J connectivity index is 1.72. The summed E-state index contributed by atoms with van der Waals surface area (Å²) < 4.78 is 10.5. The summed E-state index contributed by atoms with van der Waals surface area (Å²) in [5.74, 6) is 1.34. The molecule has 2 N–H and O–H groups in total. The Hall–Kier alpha value is -2.54. The minimum Gasteiger partial charge on any atom is -0.495 e. The number of benzene rings is 1. The molecule has 3 rings (SSSR count). The van der Waals surface area contributed by atoms with Crippen molar-refractivity contribution in [3.63, 3.8) is 0 Å². The van der Waals surface area contributed by atoms with E-state index in [0.29, 0.717) is 33.7 Å². The lowest BCUT2D eigenvalue weighted by atomic mass is 10.2. The summed E-state index contributed by atoms with van der Waals surface area (Å²) in [6, 6.07) is 6.94. The van der Waals surface area contributed by atoms with E-state index in [2.05, 4.69) is 20.8 Å². The number of amides is 1. The van der Waals surface area contributed by atoms with Crippen LogP contribution in [0.1, 0.15) is 36.2 Å². The Morgan fingerprint density at radius 3 is 2.46 bits per heavy atom. The highest BCUT2D eigenvalue weighted by Gasteiger charge is 2.19. The number of carbonyl (C=O) groups excluding carboxylic acids is 1. The van der Waals surface area contributed by atoms with Gasteiger partial charge in [0, 0.05) is 18.2 Å². The third-order valence-electron chi connectivity index (χ3n) is 4.32. The van der Waals surface area contributed by atoms with Crippen molar-refractivity contribution < 1.29 is 14.3 Å². The fourth-order valence-electron chi connectivity index (χ4n) is 2.95. The van der Waals surface area contributed by atoms with Crippen LogP contribution >= 0.6 is 11.6 Å². The van der Waals surface area contributed by atoms with E-state index in [1.54, 1.807) is 31.4 Å². The van der Waals surface area contributed by atoms with E-state index in [-0.39, 0.29) is 11.9 Å². The highest BCUT2D eigenvalue weighted by molar-refractivity contribution is 6.32. The maximum Gasteiger partial charge on any atom is 0.272 e. The van der Waals surface area contributed by atoms with Gasteiger partial charge in [0.05, 0.1) is 24.9 Å². The van der Waals surface area contributed by atoms with Crippen molar-refractivity contribution in [1.29, 1.82) is 0 Å². The number of rotatable bonds is 6. The fourth-order valence-corrected chi connectivity index (χ4v) is 3.18. The number of ether oxygens (including phenoxy) is 2. The van der Waals surface area contributed by atoms with Crippen LogP contribution in [0, 0.1) is 0 Å². The van der Waals surface area contributed by atoms with Gasteiger partial charge in [-0.2, -0.15) is 0 Å². The smallest absolute Gasteiger partial charge is 0.272 e. The Bertz CT molecular complexity index is 777. The summed E-state index contributed by atoms with van der Waals surface area (Å²) in [4.78, 5) is 12.2. The first kappa shape index (κ1) is 18.3. The zero-order valence-corrected chi connectivity index (χ0v) is 15.5. The molecule has 0 spiro atoms. The van der Waals surface area contributed by atoms with Gasteiger partial charge in [0.1, 0.15) is 11.5 Å². The molecule has 1 aromatic heterocycles. The first-order chi connectivity index (χ1) is 12.6. The lowest BCUT2D eigenvalue weighted by Crippen LogP contribution is -2.33. The van der Waals surface area contributed by atoms with Gasteiger partial charge in [0.15, 0.2) is 11.5 Å². The molecule has 0 unspecified atom stereocenters. The van der Waals surface area contributed by atoms with Crippen LogP contribution in [0.5, 0.6) is 11.5 Å². The molecule has 0 atom stereocenters. The van der Waals surface area contributed by atoms with Crippen LogP contribution in [-0.2, 0) is 0 Å². The average molecular weight is 377 g/mol. The second-order valence-corrected chi connectivity index (χ2v) is 6.48. The van der Waals surface area contributed by atoms with Gasteiger partial charge in [0.2, 0.25) is 0 Å².